The second-order valence-electron chi connectivity index (χ2n) is 5.03. The molecule has 0 saturated carbocycles. The molecule has 1 aliphatic rings. The van der Waals surface area contributed by atoms with E-state index in [9.17, 15) is 4.39 Å². The van der Waals surface area contributed by atoms with Crippen LogP contribution >= 0.6 is 12.4 Å². The molecule has 1 heterocycles. The summed E-state index contributed by atoms with van der Waals surface area (Å²) in [6.07, 6.45) is 1.42. The van der Waals surface area contributed by atoms with Crippen molar-refractivity contribution < 1.29 is 14.2 Å². The van der Waals surface area contributed by atoms with Crippen molar-refractivity contribution >= 4 is 12.4 Å². The Balaban J connectivity index is 0.00000220. The summed E-state index contributed by atoms with van der Waals surface area (Å²) < 4.78 is 19.5. The monoisotopic (exact) mass is 318 g/mol. The van der Waals surface area contributed by atoms with Crippen LogP contribution in [0.15, 0.2) is 18.2 Å². The zero-order valence-electron chi connectivity index (χ0n) is 12.3. The topological polar surface area (TPSA) is 44.7 Å². The second-order valence-corrected chi connectivity index (χ2v) is 5.03. The van der Waals surface area contributed by atoms with Crippen LogP contribution in [0.3, 0.4) is 0 Å². The number of aliphatic hydroxyl groups is 1. The summed E-state index contributed by atoms with van der Waals surface area (Å²) >= 11 is 0. The Morgan fingerprint density at radius 3 is 2.71 bits per heavy atom. The molecule has 0 aromatic heterocycles. The van der Waals surface area contributed by atoms with Crippen molar-refractivity contribution in [3.05, 3.63) is 29.6 Å². The Bertz CT molecular complexity index is 428. The van der Waals surface area contributed by atoms with Gasteiger partial charge in [0.15, 0.2) is 11.6 Å². The molecule has 4 nitrogen and oxygen atoms in total. The van der Waals surface area contributed by atoms with Crippen molar-refractivity contribution in [3.8, 4) is 5.75 Å². The molecule has 1 saturated heterocycles. The van der Waals surface area contributed by atoms with E-state index in [2.05, 4.69) is 10.2 Å². The van der Waals surface area contributed by atoms with Crippen LogP contribution in [0.1, 0.15) is 24.4 Å². The van der Waals surface area contributed by atoms with E-state index in [4.69, 9.17) is 9.84 Å². The number of nitrogens with zero attached hydrogens (tertiary/aromatic N) is 1. The number of aliphatic hydroxyl groups excluding tert-OH is 1. The van der Waals surface area contributed by atoms with Crippen molar-refractivity contribution in [3.63, 3.8) is 0 Å². The van der Waals surface area contributed by atoms with Crippen LogP contribution in [-0.4, -0.2) is 49.9 Å². The predicted octanol–water partition coefficient (Wildman–Crippen LogP) is 1.97. The lowest BCUT2D eigenvalue weighted by molar-refractivity contribution is 0.151. The van der Waals surface area contributed by atoms with Gasteiger partial charge in [-0.15, -0.1) is 12.4 Å². The SMILES string of the molecule is COc1cccc([C@@H](CCCO)N2CCNCC2)c1F.Cl. The minimum Gasteiger partial charge on any atom is -0.494 e. The fourth-order valence-corrected chi connectivity index (χ4v) is 2.76. The third-order valence-corrected chi connectivity index (χ3v) is 3.80. The summed E-state index contributed by atoms with van der Waals surface area (Å²) in [6.45, 7) is 3.76. The molecule has 0 spiro atoms. The predicted molar refractivity (Wildman–Crippen MR) is 83.7 cm³/mol. The highest BCUT2D eigenvalue weighted by atomic mass is 35.5. The lowest BCUT2D eigenvalue weighted by atomic mass is 9.98. The molecule has 1 atom stereocenters. The normalized spacial score (nSPS) is 17.1. The highest BCUT2D eigenvalue weighted by Gasteiger charge is 2.25. The minimum absolute atomic E-state index is 0. The van der Waals surface area contributed by atoms with Crippen LogP contribution in [0.4, 0.5) is 4.39 Å². The zero-order chi connectivity index (χ0) is 14.4. The van der Waals surface area contributed by atoms with Gasteiger partial charge in [-0.3, -0.25) is 4.90 Å². The van der Waals surface area contributed by atoms with E-state index in [1.165, 1.54) is 7.11 Å². The number of methoxy groups -OCH3 is 1. The van der Waals surface area contributed by atoms with Crippen LogP contribution < -0.4 is 10.1 Å². The molecule has 1 aromatic carbocycles. The number of piperazine rings is 1. The third-order valence-electron chi connectivity index (χ3n) is 3.80. The van der Waals surface area contributed by atoms with E-state index in [-0.39, 0.29) is 36.6 Å². The van der Waals surface area contributed by atoms with E-state index in [0.717, 1.165) is 32.6 Å². The second kappa shape index (κ2) is 9.20. The molecule has 1 fully saturated rings. The lowest BCUT2D eigenvalue weighted by Gasteiger charge is -2.35. The quantitative estimate of drug-likeness (QED) is 0.842. The first-order valence-corrected chi connectivity index (χ1v) is 7.16. The third kappa shape index (κ3) is 4.54. The maximum atomic E-state index is 14.5. The maximum absolute atomic E-state index is 14.5. The fraction of sp³-hybridized carbons (Fsp3) is 0.600. The van der Waals surface area contributed by atoms with Crippen molar-refractivity contribution in [2.75, 3.05) is 39.9 Å². The summed E-state index contributed by atoms with van der Waals surface area (Å²) in [4.78, 5) is 2.28. The number of nitrogens with one attached hydrogen (secondary N) is 1. The molecule has 1 aromatic rings. The van der Waals surface area contributed by atoms with Gasteiger partial charge in [-0.25, -0.2) is 4.39 Å². The molecule has 120 valence electrons. The van der Waals surface area contributed by atoms with Gasteiger partial charge in [-0.05, 0) is 18.9 Å². The number of benzene rings is 1. The van der Waals surface area contributed by atoms with Gasteiger partial charge in [0.1, 0.15) is 0 Å². The Hall–Kier alpha value is -0.880. The highest BCUT2D eigenvalue weighted by Crippen LogP contribution is 2.31. The van der Waals surface area contributed by atoms with Crippen molar-refractivity contribution in [1.82, 2.24) is 10.2 Å². The standard InChI is InChI=1S/C15H23FN2O2.ClH/c1-20-14-6-2-4-12(15(14)16)13(5-3-11-19)18-9-7-17-8-10-18;/h2,4,6,13,17,19H,3,5,7-11H2,1H3;1H/t13-;/m1./s1. The molecule has 2 rings (SSSR count). The smallest absolute Gasteiger partial charge is 0.169 e. The average Bonchev–Trinajstić information content (AvgIpc) is 2.50. The Kier molecular flexibility index (Phi) is 7.96. The van der Waals surface area contributed by atoms with E-state index in [1.54, 1.807) is 6.07 Å². The Morgan fingerprint density at radius 1 is 1.38 bits per heavy atom. The first-order valence-electron chi connectivity index (χ1n) is 7.16. The number of halogens is 2. The zero-order valence-corrected chi connectivity index (χ0v) is 13.2. The van der Waals surface area contributed by atoms with Gasteiger partial charge in [-0.2, -0.15) is 0 Å². The van der Waals surface area contributed by atoms with Gasteiger partial charge >= 0.3 is 0 Å². The van der Waals surface area contributed by atoms with Crippen LogP contribution in [0, 0.1) is 5.82 Å². The number of hydrogen-bond acceptors (Lipinski definition) is 4. The molecule has 0 bridgehead atoms. The van der Waals surface area contributed by atoms with E-state index >= 15 is 0 Å². The molecule has 21 heavy (non-hydrogen) atoms. The molecule has 0 radical (unpaired) electrons. The van der Waals surface area contributed by atoms with Gasteiger partial charge in [0.25, 0.3) is 0 Å². The summed E-state index contributed by atoms with van der Waals surface area (Å²) in [5.74, 6) is 0.00288. The van der Waals surface area contributed by atoms with E-state index in [0.29, 0.717) is 12.0 Å². The number of rotatable bonds is 6. The summed E-state index contributed by atoms with van der Waals surface area (Å²) in [5, 5.41) is 12.4. The first-order chi connectivity index (χ1) is 9.77. The van der Waals surface area contributed by atoms with Gasteiger partial charge in [0.05, 0.1) is 7.11 Å². The molecule has 0 amide bonds. The summed E-state index contributed by atoms with van der Waals surface area (Å²) in [7, 11) is 1.48. The molecule has 2 N–H and O–H groups in total. The van der Waals surface area contributed by atoms with Gasteiger partial charge in [0, 0.05) is 44.4 Å². The molecule has 0 unspecified atom stereocenters. The van der Waals surface area contributed by atoms with Crippen LogP contribution in [0.2, 0.25) is 0 Å². The van der Waals surface area contributed by atoms with Crippen LogP contribution in [-0.2, 0) is 0 Å². The number of ether oxygens (including phenoxy) is 1. The lowest BCUT2D eigenvalue weighted by Crippen LogP contribution is -2.45. The van der Waals surface area contributed by atoms with Gasteiger partial charge in [-0.1, -0.05) is 12.1 Å². The van der Waals surface area contributed by atoms with Gasteiger partial charge in [0.2, 0.25) is 0 Å². The maximum Gasteiger partial charge on any atom is 0.169 e. The molecule has 0 aliphatic carbocycles. The minimum atomic E-state index is -0.281. The Labute approximate surface area is 131 Å². The van der Waals surface area contributed by atoms with Crippen molar-refractivity contribution in [2.45, 2.75) is 18.9 Å². The molecular weight excluding hydrogens is 295 g/mol. The van der Waals surface area contributed by atoms with Crippen LogP contribution in [0.25, 0.3) is 0 Å². The van der Waals surface area contributed by atoms with Crippen molar-refractivity contribution in [2.24, 2.45) is 0 Å². The summed E-state index contributed by atoms with van der Waals surface area (Å²) in [5.41, 5.74) is 0.666. The first kappa shape index (κ1) is 18.2. The van der Waals surface area contributed by atoms with Crippen LogP contribution in [0.5, 0.6) is 5.75 Å². The van der Waals surface area contributed by atoms with Crippen molar-refractivity contribution in [1.29, 1.82) is 0 Å². The Morgan fingerprint density at radius 2 is 2.10 bits per heavy atom. The highest BCUT2D eigenvalue weighted by molar-refractivity contribution is 5.85. The average molecular weight is 319 g/mol. The fourth-order valence-electron chi connectivity index (χ4n) is 2.76. The molecular formula is C15H24ClFN2O2. The van der Waals surface area contributed by atoms with Gasteiger partial charge < -0.3 is 15.2 Å². The molecule has 1 aliphatic heterocycles. The van der Waals surface area contributed by atoms with E-state index in [1.807, 2.05) is 12.1 Å². The van der Waals surface area contributed by atoms with E-state index < -0.39 is 0 Å². The number of hydrogen-bond donors (Lipinski definition) is 2. The largest absolute Gasteiger partial charge is 0.494 e. The molecule has 6 heteroatoms. The summed E-state index contributed by atoms with van der Waals surface area (Å²) in [6, 6.07) is 5.28.